The minimum atomic E-state index is -0.393. The van der Waals surface area contributed by atoms with Gasteiger partial charge in [-0.25, -0.2) is 0 Å². The average Bonchev–Trinajstić information content (AvgIpc) is 3.21. The molecule has 8 nitrogen and oxygen atoms in total. The lowest BCUT2D eigenvalue weighted by atomic mass is 10.1. The standard InChI is InChI=1S/C19H18N2O6/c22-4-3-21(19(24)15-2-1-5-25-15)11-13-8-12-9-16-17(27-7-6-26-16)10-14(12)20-18(13)23/h1-2,5,8-10,22H,3-4,6-7,11H2,(H,20,23). The smallest absolute Gasteiger partial charge is 0.289 e. The van der Waals surface area contributed by atoms with Crippen molar-refractivity contribution in [3.05, 3.63) is 58.3 Å². The van der Waals surface area contributed by atoms with Gasteiger partial charge in [0.05, 0.1) is 24.9 Å². The summed E-state index contributed by atoms with van der Waals surface area (Å²) in [6.07, 6.45) is 1.40. The number of rotatable bonds is 5. The molecule has 4 rings (SSSR count). The lowest BCUT2D eigenvalue weighted by Crippen LogP contribution is -2.34. The molecule has 3 aromatic rings. The number of amides is 1. The second kappa shape index (κ2) is 7.16. The number of ether oxygens (including phenoxy) is 2. The number of pyridine rings is 1. The van der Waals surface area contributed by atoms with Gasteiger partial charge in [0.1, 0.15) is 13.2 Å². The summed E-state index contributed by atoms with van der Waals surface area (Å²) in [5, 5.41) is 10.1. The zero-order valence-corrected chi connectivity index (χ0v) is 14.4. The fraction of sp³-hybridized carbons (Fsp3) is 0.263. The van der Waals surface area contributed by atoms with Crippen LogP contribution in [-0.4, -0.2) is 47.3 Å². The first-order valence-electron chi connectivity index (χ1n) is 8.55. The van der Waals surface area contributed by atoms with Gasteiger partial charge in [-0.2, -0.15) is 0 Å². The molecule has 0 saturated carbocycles. The van der Waals surface area contributed by atoms with Crippen LogP contribution in [0.25, 0.3) is 10.9 Å². The normalized spacial score (nSPS) is 12.9. The number of nitrogens with zero attached hydrogens (tertiary/aromatic N) is 1. The first-order valence-corrected chi connectivity index (χ1v) is 8.55. The lowest BCUT2D eigenvalue weighted by molar-refractivity contribution is 0.0675. The molecule has 27 heavy (non-hydrogen) atoms. The SMILES string of the molecule is O=C(c1ccco1)N(CCO)Cc1cc2cc3c(cc2[nH]c1=O)OCCO3. The van der Waals surface area contributed by atoms with Crippen molar-refractivity contribution in [3.63, 3.8) is 0 Å². The molecule has 0 spiro atoms. The maximum atomic E-state index is 12.5. The van der Waals surface area contributed by atoms with Gasteiger partial charge < -0.3 is 28.9 Å². The molecule has 2 N–H and O–H groups in total. The molecular weight excluding hydrogens is 352 g/mol. The number of benzene rings is 1. The molecule has 1 amide bonds. The number of aromatic nitrogens is 1. The third kappa shape index (κ3) is 3.39. The maximum Gasteiger partial charge on any atom is 0.289 e. The van der Waals surface area contributed by atoms with E-state index in [1.165, 1.54) is 11.2 Å². The summed E-state index contributed by atoms with van der Waals surface area (Å²) in [4.78, 5) is 29.2. The van der Waals surface area contributed by atoms with E-state index in [0.29, 0.717) is 35.8 Å². The zero-order valence-electron chi connectivity index (χ0n) is 14.4. The van der Waals surface area contributed by atoms with Gasteiger partial charge in [0.25, 0.3) is 11.5 Å². The van der Waals surface area contributed by atoms with Crippen molar-refractivity contribution in [1.29, 1.82) is 0 Å². The van der Waals surface area contributed by atoms with Gasteiger partial charge in [-0.05, 0) is 24.3 Å². The Hall–Kier alpha value is -3.26. The number of hydrogen-bond acceptors (Lipinski definition) is 6. The number of aliphatic hydroxyl groups is 1. The van der Waals surface area contributed by atoms with Crippen LogP contribution in [0.2, 0.25) is 0 Å². The van der Waals surface area contributed by atoms with E-state index < -0.39 is 5.91 Å². The molecule has 1 aliphatic heterocycles. The number of fused-ring (bicyclic) bond motifs is 2. The highest BCUT2D eigenvalue weighted by Gasteiger charge is 2.20. The molecular formula is C19H18N2O6. The minimum Gasteiger partial charge on any atom is -0.486 e. The fourth-order valence-electron chi connectivity index (χ4n) is 3.04. The van der Waals surface area contributed by atoms with Crippen LogP contribution in [0.4, 0.5) is 0 Å². The highest BCUT2D eigenvalue weighted by Crippen LogP contribution is 2.33. The van der Waals surface area contributed by atoms with Gasteiger partial charge in [-0.15, -0.1) is 0 Å². The molecule has 0 unspecified atom stereocenters. The number of furan rings is 1. The van der Waals surface area contributed by atoms with Gasteiger partial charge in [0.2, 0.25) is 0 Å². The van der Waals surface area contributed by atoms with Gasteiger partial charge in [0.15, 0.2) is 17.3 Å². The Kier molecular flexibility index (Phi) is 4.55. The summed E-state index contributed by atoms with van der Waals surface area (Å²) in [5.74, 6) is 0.966. The molecule has 0 aliphatic carbocycles. The van der Waals surface area contributed by atoms with E-state index in [0.717, 1.165) is 5.39 Å². The third-order valence-corrected chi connectivity index (χ3v) is 4.33. The van der Waals surface area contributed by atoms with Crippen LogP contribution in [0.1, 0.15) is 16.1 Å². The highest BCUT2D eigenvalue weighted by molar-refractivity contribution is 5.91. The van der Waals surface area contributed by atoms with Crippen LogP contribution in [0.5, 0.6) is 11.5 Å². The van der Waals surface area contributed by atoms with Crippen LogP contribution in [0.3, 0.4) is 0 Å². The predicted molar refractivity (Wildman–Crippen MR) is 96.1 cm³/mol. The van der Waals surface area contributed by atoms with E-state index in [9.17, 15) is 14.7 Å². The van der Waals surface area contributed by atoms with Crippen molar-refractivity contribution in [2.75, 3.05) is 26.4 Å². The number of hydrogen-bond donors (Lipinski definition) is 2. The molecule has 0 radical (unpaired) electrons. The van der Waals surface area contributed by atoms with Crippen molar-refractivity contribution in [3.8, 4) is 11.5 Å². The highest BCUT2D eigenvalue weighted by atomic mass is 16.6. The number of carbonyl (C=O) groups excluding carboxylic acids is 1. The van der Waals surface area contributed by atoms with Crippen LogP contribution in [0.15, 0.2) is 45.8 Å². The number of H-pyrrole nitrogens is 1. The second-order valence-corrected chi connectivity index (χ2v) is 6.13. The molecule has 0 atom stereocenters. The number of nitrogens with one attached hydrogen (secondary N) is 1. The molecule has 0 fully saturated rings. The molecule has 0 bridgehead atoms. The average molecular weight is 370 g/mol. The quantitative estimate of drug-likeness (QED) is 0.706. The predicted octanol–water partition coefficient (Wildman–Crippen LogP) is 1.53. The minimum absolute atomic E-state index is 0.0415. The van der Waals surface area contributed by atoms with E-state index in [2.05, 4.69) is 4.98 Å². The number of carbonyl (C=O) groups is 1. The summed E-state index contributed by atoms with van der Waals surface area (Å²) in [5.41, 5.74) is 0.709. The van der Waals surface area contributed by atoms with Gasteiger partial charge in [-0.3, -0.25) is 9.59 Å². The maximum absolute atomic E-state index is 12.5. The molecule has 8 heteroatoms. The third-order valence-electron chi connectivity index (χ3n) is 4.33. The Balaban J connectivity index is 1.68. The second-order valence-electron chi connectivity index (χ2n) is 6.13. The van der Waals surface area contributed by atoms with E-state index in [-0.39, 0.29) is 31.0 Å². The molecule has 0 saturated heterocycles. The van der Waals surface area contributed by atoms with E-state index >= 15 is 0 Å². The first-order chi connectivity index (χ1) is 13.2. The zero-order chi connectivity index (χ0) is 18.8. The topological polar surface area (TPSA) is 105 Å². The van der Waals surface area contributed by atoms with Crippen molar-refractivity contribution in [1.82, 2.24) is 9.88 Å². The molecule has 140 valence electrons. The summed E-state index contributed by atoms with van der Waals surface area (Å²) in [7, 11) is 0. The number of aliphatic hydroxyl groups excluding tert-OH is 1. The van der Waals surface area contributed by atoms with Gasteiger partial charge in [0, 0.05) is 23.6 Å². The summed E-state index contributed by atoms with van der Waals surface area (Å²) in [6.45, 7) is 0.830. The largest absolute Gasteiger partial charge is 0.486 e. The molecule has 1 aliphatic rings. The Bertz CT molecular complexity index is 1020. The fourth-order valence-corrected chi connectivity index (χ4v) is 3.04. The Morgan fingerprint density at radius 1 is 1.19 bits per heavy atom. The van der Waals surface area contributed by atoms with E-state index in [1.54, 1.807) is 30.3 Å². The van der Waals surface area contributed by atoms with E-state index in [1.807, 2.05) is 0 Å². The van der Waals surface area contributed by atoms with Gasteiger partial charge in [-0.1, -0.05) is 0 Å². The molecule has 3 heterocycles. The first kappa shape index (κ1) is 17.2. The van der Waals surface area contributed by atoms with Crippen LogP contribution in [0, 0.1) is 0 Å². The molecule has 1 aromatic carbocycles. The summed E-state index contributed by atoms with van der Waals surface area (Å²) < 4.78 is 16.2. The van der Waals surface area contributed by atoms with Crippen LogP contribution in [-0.2, 0) is 6.54 Å². The summed E-state index contributed by atoms with van der Waals surface area (Å²) >= 11 is 0. The van der Waals surface area contributed by atoms with E-state index in [4.69, 9.17) is 13.9 Å². The van der Waals surface area contributed by atoms with Crippen molar-refractivity contribution in [2.24, 2.45) is 0 Å². The Labute approximate surface area is 153 Å². The van der Waals surface area contributed by atoms with Crippen molar-refractivity contribution < 1.29 is 23.8 Å². The van der Waals surface area contributed by atoms with Crippen molar-refractivity contribution in [2.45, 2.75) is 6.54 Å². The monoisotopic (exact) mass is 370 g/mol. The van der Waals surface area contributed by atoms with Crippen LogP contribution >= 0.6 is 0 Å². The Morgan fingerprint density at radius 2 is 1.96 bits per heavy atom. The van der Waals surface area contributed by atoms with Gasteiger partial charge >= 0.3 is 0 Å². The van der Waals surface area contributed by atoms with Crippen molar-refractivity contribution >= 4 is 16.8 Å². The lowest BCUT2D eigenvalue weighted by Gasteiger charge is -2.21. The van der Waals surface area contributed by atoms with Crippen LogP contribution < -0.4 is 15.0 Å². The summed E-state index contributed by atoms with van der Waals surface area (Å²) in [6, 6.07) is 8.40. The Morgan fingerprint density at radius 3 is 2.67 bits per heavy atom. The number of aromatic amines is 1. The molecule has 2 aromatic heterocycles.